The molecule has 2 saturated carbocycles. The van der Waals surface area contributed by atoms with Crippen molar-refractivity contribution in [3.05, 3.63) is 0 Å². The molecule has 3 rings (SSSR count). The van der Waals surface area contributed by atoms with Gasteiger partial charge in [-0.1, -0.05) is 13.8 Å². The fourth-order valence-electron chi connectivity index (χ4n) is 5.33. The Bertz CT molecular complexity index is 304. The molecule has 0 aromatic rings. The highest BCUT2D eigenvalue weighted by molar-refractivity contribution is 4.97. The molecule has 1 heterocycles. The Morgan fingerprint density at radius 3 is 2.10 bits per heavy atom. The monoisotopic (exact) mass is 292 g/mol. The van der Waals surface area contributed by atoms with Gasteiger partial charge < -0.3 is 10.2 Å². The molecule has 122 valence electrons. The summed E-state index contributed by atoms with van der Waals surface area (Å²) in [6.07, 6.45) is 13.5. The lowest BCUT2D eigenvalue weighted by Crippen LogP contribution is -2.57. The third-order valence-corrected chi connectivity index (χ3v) is 6.74. The average molecular weight is 293 g/mol. The van der Waals surface area contributed by atoms with Crippen LogP contribution in [0.2, 0.25) is 0 Å². The Labute approximate surface area is 132 Å². The van der Waals surface area contributed by atoms with Gasteiger partial charge in [-0.3, -0.25) is 0 Å². The molecule has 0 unspecified atom stereocenters. The Hall–Kier alpha value is -0.0800. The van der Waals surface area contributed by atoms with E-state index in [1.807, 2.05) is 0 Å². The highest BCUT2D eigenvalue weighted by atomic mass is 15.2. The van der Waals surface area contributed by atoms with Crippen molar-refractivity contribution < 1.29 is 0 Å². The SMILES string of the molecule is CCNC1CCC(CC2CCC3(CC2)CN(CC)C3)CC1. The van der Waals surface area contributed by atoms with Crippen molar-refractivity contribution in [1.29, 1.82) is 0 Å². The van der Waals surface area contributed by atoms with Crippen LogP contribution in [0.15, 0.2) is 0 Å². The molecule has 3 fully saturated rings. The first-order valence-corrected chi connectivity index (χ1v) is 9.69. The van der Waals surface area contributed by atoms with E-state index in [9.17, 15) is 0 Å². The van der Waals surface area contributed by atoms with Gasteiger partial charge in [-0.05, 0) is 88.1 Å². The predicted molar refractivity (Wildman–Crippen MR) is 90.5 cm³/mol. The van der Waals surface area contributed by atoms with E-state index in [0.717, 1.165) is 29.8 Å². The van der Waals surface area contributed by atoms with Crippen LogP contribution in [-0.4, -0.2) is 37.1 Å². The summed E-state index contributed by atoms with van der Waals surface area (Å²) in [7, 11) is 0. The molecule has 0 aromatic heterocycles. The van der Waals surface area contributed by atoms with Crippen molar-refractivity contribution in [3.63, 3.8) is 0 Å². The summed E-state index contributed by atoms with van der Waals surface area (Å²) in [5.74, 6) is 2.11. The van der Waals surface area contributed by atoms with Gasteiger partial charge in [-0.2, -0.15) is 0 Å². The van der Waals surface area contributed by atoms with Crippen LogP contribution in [0.3, 0.4) is 0 Å². The minimum absolute atomic E-state index is 0.759. The fraction of sp³-hybridized carbons (Fsp3) is 1.00. The maximum Gasteiger partial charge on any atom is 0.00671 e. The number of nitrogens with one attached hydrogen (secondary N) is 1. The zero-order valence-corrected chi connectivity index (χ0v) is 14.4. The molecule has 1 aliphatic heterocycles. The van der Waals surface area contributed by atoms with E-state index in [4.69, 9.17) is 0 Å². The number of rotatable bonds is 5. The summed E-state index contributed by atoms with van der Waals surface area (Å²) < 4.78 is 0. The molecule has 0 atom stereocenters. The average Bonchev–Trinajstić information content (AvgIpc) is 2.48. The Kier molecular flexibility index (Phi) is 5.27. The molecule has 3 aliphatic rings. The minimum Gasteiger partial charge on any atom is -0.314 e. The van der Waals surface area contributed by atoms with Crippen LogP contribution in [-0.2, 0) is 0 Å². The first-order valence-electron chi connectivity index (χ1n) is 9.69. The van der Waals surface area contributed by atoms with Crippen molar-refractivity contribution >= 4 is 0 Å². The van der Waals surface area contributed by atoms with Crippen LogP contribution in [0, 0.1) is 17.3 Å². The van der Waals surface area contributed by atoms with Crippen molar-refractivity contribution in [2.45, 2.75) is 77.7 Å². The largest absolute Gasteiger partial charge is 0.314 e. The van der Waals surface area contributed by atoms with E-state index in [1.165, 1.54) is 71.0 Å². The number of nitrogens with zero attached hydrogens (tertiary/aromatic N) is 1. The van der Waals surface area contributed by atoms with E-state index in [1.54, 1.807) is 6.42 Å². The number of hydrogen-bond donors (Lipinski definition) is 1. The normalized spacial score (nSPS) is 34.0. The summed E-state index contributed by atoms with van der Waals surface area (Å²) in [6, 6.07) is 0.830. The Balaban J connectivity index is 1.35. The molecule has 0 aromatic carbocycles. The maximum atomic E-state index is 3.64. The Morgan fingerprint density at radius 2 is 1.52 bits per heavy atom. The van der Waals surface area contributed by atoms with Crippen LogP contribution in [0.1, 0.15) is 71.6 Å². The predicted octanol–water partition coefficient (Wildman–Crippen LogP) is 4.06. The highest BCUT2D eigenvalue weighted by Crippen LogP contribution is 2.47. The van der Waals surface area contributed by atoms with E-state index >= 15 is 0 Å². The topological polar surface area (TPSA) is 15.3 Å². The van der Waals surface area contributed by atoms with E-state index in [0.29, 0.717) is 0 Å². The molecule has 21 heavy (non-hydrogen) atoms. The quantitative estimate of drug-likeness (QED) is 0.822. The van der Waals surface area contributed by atoms with Crippen LogP contribution in [0.5, 0.6) is 0 Å². The van der Waals surface area contributed by atoms with Crippen LogP contribution in [0.4, 0.5) is 0 Å². The van der Waals surface area contributed by atoms with Crippen molar-refractivity contribution in [2.24, 2.45) is 17.3 Å². The second-order valence-corrected chi connectivity index (χ2v) is 8.26. The van der Waals surface area contributed by atoms with Gasteiger partial charge in [-0.25, -0.2) is 0 Å². The summed E-state index contributed by atoms with van der Waals surface area (Å²) in [5, 5.41) is 3.64. The number of likely N-dealkylation sites (tertiary alicyclic amines) is 1. The van der Waals surface area contributed by atoms with Gasteiger partial charge in [-0.15, -0.1) is 0 Å². The molecule has 1 saturated heterocycles. The third-order valence-electron chi connectivity index (χ3n) is 6.74. The molecule has 0 amide bonds. The lowest BCUT2D eigenvalue weighted by Gasteiger charge is -2.53. The fourth-order valence-corrected chi connectivity index (χ4v) is 5.33. The zero-order chi connectivity index (χ0) is 14.7. The van der Waals surface area contributed by atoms with Crippen LogP contribution in [0.25, 0.3) is 0 Å². The van der Waals surface area contributed by atoms with Crippen molar-refractivity contribution in [3.8, 4) is 0 Å². The van der Waals surface area contributed by atoms with Gasteiger partial charge in [0.25, 0.3) is 0 Å². The lowest BCUT2D eigenvalue weighted by molar-refractivity contribution is -0.0371. The van der Waals surface area contributed by atoms with E-state index in [-0.39, 0.29) is 0 Å². The molecule has 2 heteroatoms. The summed E-state index contributed by atoms with van der Waals surface area (Å²) in [5.41, 5.74) is 0.759. The molecular weight excluding hydrogens is 256 g/mol. The minimum atomic E-state index is 0.759. The molecule has 2 aliphatic carbocycles. The molecule has 1 spiro atoms. The number of hydrogen-bond acceptors (Lipinski definition) is 2. The van der Waals surface area contributed by atoms with Gasteiger partial charge in [0.2, 0.25) is 0 Å². The van der Waals surface area contributed by atoms with Gasteiger partial charge in [0.1, 0.15) is 0 Å². The van der Waals surface area contributed by atoms with Crippen molar-refractivity contribution in [1.82, 2.24) is 10.2 Å². The van der Waals surface area contributed by atoms with Gasteiger partial charge in [0.05, 0.1) is 0 Å². The standard InChI is InChI=1S/C19H36N2/c1-3-20-18-7-5-16(6-8-18)13-17-9-11-19(12-10-17)14-21(4-2)15-19/h16-18,20H,3-15H2,1-2H3. The summed E-state index contributed by atoms with van der Waals surface area (Å²) >= 11 is 0. The second-order valence-electron chi connectivity index (χ2n) is 8.26. The second kappa shape index (κ2) is 7.00. The van der Waals surface area contributed by atoms with Gasteiger partial charge >= 0.3 is 0 Å². The third kappa shape index (κ3) is 3.82. The van der Waals surface area contributed by atoms with E-state index < -0.39 is 0 Å². The first-order chi connectivity index (χ1) is 10.2. The molecule has 2 nitrogen and oxygen atoms in total. The maximum absolute atomic E-state index is 3.64. The van der Waals surface area contributed by atoms with Crippen molar-refractivity contribution in [2.75, 3.05) is 26.2 Å². The van der Waals surface area contributed by atoms with Crippen LogP contribution < -0.4 is 5.32 Å². The first kappa shape index (κ1) is 15.8. The smallest absolute Gasteiger partial charge is 0.00671 e. The molecule has 0 radical (unpaired) electrons. The van der Waals surface area contributed by atoms with Crippen LogP contribution >= 0.6 is 0 Å². The molecule has 0 bridgehead atoms. The molecular formula is C19H36N2. The van der Waals surface area contributed by atoms with E-state index in [2.05, 4.69) is 24.1 Å². The highest BCUT2D eigenvalue weighted by Gasteiger charge is 2.44. The lowest BCUT2D eigenvalue weighted by atomic mass is 9.64. The molecule has 1 N–H and O–H groups in total. The van der Waals surface area contributed by atoms with Gasteiger partial charge in [0.15, 0.2) is 0 Å². The Morgan fingerprint density at radius 1 is 0.905 bits per heavy atom. The summed E-state index contributed by atoms with van der Waals surface area (Å²) in [6.45, 7) is 9.77. The summed E-state index contributed by atoms with van der Waals surface area (Å²) in [4.78, 5) is 2.63. The van der Waals surface area contributed by atoms with Gasteiger partial charge in [0, 0.05) is 19.1 Å². The zero-order valence-electron chi connectivity index (χ0n) is 14.4.